The Morgan fingerprint density at radius 3 is 2.12 bits per heavy atom. The Bertz CT molecular complexity index is 119. The van der Waals surface area contributed by atoms with Gasteiger partial charge in [0.15, 0.2) is 0 Å². The van der Waals surface area contributed by atoms with Gasteiger partial charge in [-0.2, -0.15) is 0 Å². The third-order valence-electron chi connectivity index (χ3n) is 1.47. The van der Waals surface area contributed by atoms with Gasteiger partial charge in [-0.3, -0.25) is 10.1 Å². The van der Waals surface area contributed by atoms with E-state index in [0.29, 0.717) is 0 Å². The lowest BCUT2D eigenvalue weighted by molar-refractivity contribution is -0.497. The summed E-state index contributed by atoms with van der Waals surface area (Å²) in [6, 6.07) is -0.324. The van der Waals surface area contributed by atoms with E-state index in [0.717, 1.165) is 0 Å². The molecule has 0 aliphatic heterocycles. The Balaban J connectivity index is 2.44. The molecule has 1 fully saturated rings. The SMILES string of the molecule is C[C@H]1[C@H](Br)[C@H]1[N+](=O)[O-]. The molecule has 0 spiro atoms. The van der Waals surface area contributed by atoms with Crippen LogP contribution < -0.4 is 0 Å². The van der Waals surface area contributed by atoms with Crippen LogP contribution in [0, 0.1) is 16.0 Å². The average molecular weight is 180 g/mol. The van der Waals surface area contributed by atoms with E-state index < -0.39 is 0 Å². The van der Waals surface area contributed by atoms with Crippen molar-refractivity contribution in [2.24, 2.45) is 5.92 Å². The summed E-state index contributed by atoms with van der Waals surface area (Å²) in [5.74, 6) is 0.227. The van der Waals surface area contributed by atoms with Crippen molar-refractivity contribution in [1.29, 1.82) is 0 Å². The van der Waals surface area contributed by atoms with Crippen LogP contribution in [-0.4, -0.2) is 15.8 Å². The molecule has 3 atom stereocenters. The molecule has 4 heteroatoms. The maximum Gasteiger partial charge on any atom is 0.229 e. The molecular formula is C4H6BrNO2. The first-order valence-electron chi connectivity index (χ1n) is 2.42. The topological polar surface area (TPSA) is 43.1 Å². The van der Waals surface area contributed by atoms with Crippen LogP contribution in [0.3, 0.4) is 0 Å². The van der Waals surface area contributed by atoms with Crippen LogP contribution in [0.15, 0.2) is 0 Å². The van der Waals surface area contributed by atoms with Crippen LogP contribution in [-0.2, 0) is 0 Å². The Morgan fingerprint density at radius 2 is 2.12 bits per heavy atom. The molecule has 0 saturated heterocycles. The molecule has 0 unspecified atom stereocenters. The summed E-state index contributed by atoms with van der Waals surface area (Å²) < 4.78 is 0. The first-order valence-corrected chi connectivity index (χ1v) is 3.33. The standard InChI is InChI=1S/C4H6BrNO2/c1-2-3(5)4(2)6(7)8/h2-4H,1H3/t2-,3-,4-/m0/s1. The van der Waals surface area contributed by atoms with Crippen molar-refractivity contribution in [3.05, 3.63) is 10.1 Å². The molecular weight excluding hydrogens is 174 g/mol. The first-order chi connectivity index (χ1) is 3.64. The lowest BCUT2D eigenvalue weighted by Gasteiger charge is -1.81. The van der Waals surface area contributed by atoms with E-state index in [9.17, 15) is 10.1 Å². The maximum absolute atomic E-state index is 9.96. The predicted molar refractivity (Wildman–Crippen MR) is 32.7 cm³/mol. The monoisotopic (exact) mass is 179 g/mol. The second-order valence-corrected chi connectivity index (χ2v) is 3.14. The van der Waals surface area contributed by atoms with Gasteiger partial charge in [-0.05, 0) is 0 Å². The van der Waals surface area contributed by atoms with E-state index in [4.69, 9.17) is 0 Å². The summed E-state index contributed by atoms with van der Waals surface area (Å²) in [5, 5.41) is 9.96. The molecule has 0 aromatic carbocycles. The van der Waals surface area contributed by atoms with Crippen LogP contribution in [0.5, 0.6) is 0 Å². The summed E-state index contributed by atoms with van der Waals surface area (Å²) in [6.45, 7) is 1.87. The van der Waals surface area contributed by atoms with Crippen LogP contribution in [0.2, 0.25) is 0 Å². The third-order valence-corrected chi connectivity index (χ3v) is 2.85. The van der Waals surface area contributed by atoms with E-state index in [1.165, 1.54) is 0 Å². The number of nitrogens with zero attached hydrogens (tertiary/aromatic N) is 1. The normalized spacial score (nSPS) is 44.0. The van der Waals surface area contributed by atoms with Gasteiger partial charge in [-0.1, -0.05) is 22.9 Å². The zero-order chi connectivity index (χ0) is 6.31. The first kappa shape index (κ1) is 6.01. The molecule has 1 rings (SSSR count). The molecule has 1 aliphatic rings. The van der Waals surface area contributed by atoms with Gasteiger partial charge in [-0.15, -0.1) is 0 Å². The predicted octanol–water partition coefficient (Wildman–Crippen LogP) is 1.04. The fraction of sp³-hybridized carbons (Fsp3) is 1.00. The van der Waals surface area contributed by atoms with E-state index in [1.807, 2.05) is 6.92 Å². The molecule has 0 amide bonds. The van der Waals surface area contributed by atoms with Gasteiger partial charge in [0.05, 0.1) is 4.83 Å². The minimum atomic E-state index is -0.324. The van der Waals surface area contributed by atoms with Crippen LogP contribution >= 0.6 is 15.9 Å². The zero-order valence-electron chi connectivity index (χ0n) is 4.37. The minimum Gasteiger partial charge on any atom is -0.264 e. The Morgan fingerprint density at radius 1 is 1.75 bits per heavy atom. The van der Waals surface area contributed by atoms with Crippen LogP contribution in [0.4, 0.5) is 0 Å². The summed E-state index contributed by atoms with van der Waals surface area (Å²) in [5.41, 5.74) is 0. The number of hydrogen-bond donors (Lipinski definition) is 0. The number of rotatable bonds is 1. The molecule has 3 nitrogen and oxygen atoms in total. The largest absolute Gasteiger partial charge is 0.264 e. The molecule has 0 radical (unpaired) electrons. The van der Waals surface area contributed by atoms with Crippen molar-refractivity contribution < 1.29 is 4.92 Å². The van der Waals surface area contributed by atoms with Crippen molar-refractivity contribution in [3.63, 3.8) is 0 Å². The van der Waals surface area contributed by atoms with Crippen LogP contribution in [0.25, 0.3) is 0 Å². The minimum absolute atomic E-state index is 0.123. The molecule has 1 aliphatic carbocycles. The second-order valence-electron chi connectivity index (χ2n) is 2.08. The van der Waals surface area contributed by atoms with Crippen molar-refractivity contribution in [1.82, 2.24) is 0 Å². The van der Waals surface area contributed by atoms with E-state index in [-0.39, 0.29) is 21.7 Å². The highest BCUT2D eigenvalue weighted by Crippen LogP contribution is 2.39. The maximum atomic E-state index is 9.96. The van der Waals surface area contributed by atoms with Crippen molar-refractivity contribution in [3.8, 4) is 0 Å². The Kier molecular flexibility index (Phi) is 1.27. The van der Waals surface area contributed by atoms with Crippen molar-refractivity contribution in [2.45, 2.75) is 17.8 Å². The molecule has 0 aromatic rings. The summed E-state index contributed by atoms with van der Waals surface area (Å²) >= 11 is 3.17. The highest BCUT2D eigenvalue weighted by molar-refractivity contribution is 9.09. The van der Waals surface area contributed by atoms with Crippen LogP contribution in [0.1, 0.15) is 6.92 Å². The average Bonchev–Trinajstić information content (AvgIpc) is 2.15. The number of halogens is 1. The molecule has 0 N–H and O–H groups in total. The molecule has 46 valence electrons. The lowest BCUT2D eigenvalue weighted by atomic mass is 10.5. The summed E-state index contributed by atoms with van der Waals surface area (Å²) in [6.07, 6.45) is 0. The quantitative estimate of drug-likeness (QED) is 0.343. The lowest BCUT2D eigenvalue weighted by Crippen LogP contribution is -2.03. The smallest absolute Gasteiger partial charge is 0.229 e. The van der Waals surface area contributed by atoms with E-state index in [2.05, 4.69) is 15.9 Å². The highest BCUT2D eigenvalue weighted by atomic mass is 79.9. The van der Waals surface area contributed by atoms with Gasteiger partial charge in [0.25, 0.3) is 0 Å². The Hall–Kier alpha value is -0.120. The van der Waals surface area contributed by atoms with Gasteiger partial charge >= 0.3 is 0 Å². The third kappa shape index (κ3) is 0.727. The van der Waals surface area contributed by atoms with Crippen molar-refractivity contribution >= 4 is 15.9 Å². The molecule has 0 bridgehead atoms. The van der Waals surface area contributed by atoms with Gasteiger partial charge in [-0.25, -0.2) is 0 Å². The molecule has 0 heterocycles. The fourth-order valence-electron chi connectivity index (χ4n) is 0.702. The fourth-order valence-corrected chi connectivity index (χ4v) is 1.51. The van der Waals surface area contributed by atoms with E-state index >= 15 is 0 Å². The molecule has 8 heavy (non-hydrogen) atoms. The summed E-state index contributed by atoms with van der Waals surface area (Å²) in [4.78, 5) is 9.85. The number of hydrogen-bond acceptors (Lipinski definition) is 2. The second kappa shape index (κ2) is 1.69. The van der Waals surface area contributed by atoms with Gasteiger partial charge in [0, 0.05) is 10.8 Å². The van der Waals surface area contributed by atoms with E-state index in [1.54, 1.807) is 0 Å². The zero-order valence-corrected chi connectivity index (χ0v) is 5.96. The number of alkyl halides is 1. The Labute approximate surface area is 55.3 Å². The summed E-state index contributed by atoms with van der Waals surface area (Å²) in [7, 11) is 0. The highest BCUT2D eigenvalue weighted by Gasteiger charge is 2.55. The molecule has 1 saturated carbocycles. The molecule has 0 aromatic heterocycles. The number of nitro groups is 1. The van der Waals surface area contributed by atoms with Gasteiger partial charge in [0.2, 0.25) is 6.04 Å². The van der Waals surface area contributed by atoms with Crippen molar-refractivity contribution in [2.75, 3.05) is 0 Å². The van der Waals surface area contributed by atoms with Gasteiger partial charge < -0.3 is 0 Å². The van der Waals surface area contributed by atoms with Gasteiger partial charge in [0.1, 0.15) is 0 Å².